The predicted octanol–water partition coefficient (Wildman–Crippen LogP) is 3.13. The van der Waals surface area contributed by atoms with Crippen LogP contribution in [0.4, 0.5) is 0 Å². The van der Waals surface area contributed by atoms with Crippen molar-refractivity contribution in [3.63, 3.8) is 0 Å². The molecule has 1 aromatic rings. The second-order valence-corrected chi connectivity index (χ2v) is 7.37. The molecule has 1 aromatic heterocycles. The van der Waals surface area contributed by atoms with Crippen LogP contribution in [0.2, 0.25) is 0 Å². The van der Waals surface area contributed by atoms with Gasteiger partial charge in [-0.15, -0.1) is 23.1 Å². The lowest BCUT2D eigenvalue weighted by molar-refractivity contribution is -0.143. The van der Waals surface area contributed by atoms with Gasteiger partial charge in [0.2, 0.25) is 5.91 Å². The normalized spacial score (nSPS) is 17.3. The molecule has 0 spiro atoms. The Morgan fingerprint density at radius 1 is 1.38 bits per heavy atom. The molecule has 116 valence electrons. The molecule has 0 aliphatic heterocycles. The van der Waals surface area contributed by atoms with Crippen LogP contribution < -0.4 is 5.32 Å². The van der Waals surface area contributed by atoms with Gasteiger partial charge in [-0.2, -0.15) is 0 Å². The Kier molecular flexibility index (Phi) is 6.57. The Morgan fingerprint density at radius 2 is 2.14 bits per heavy atom. The summed E-state index contributed by atoms with van der Waals surface area (Å²) in [4.78, 5) is 24.5. The van der Waals surface area contributed by atoms with Crippen molar-refractivity contribution >= 4 is 35.0 Å². The highest BCUT2D eigenvalue weighted by Gasteiger charge is 2.30. The lowest BCUT2D eigenvalue weighted by Crippen LogP contribution is -2.47. The van der Waals surface area contributed by atoms with E-state index in [-0.39, 0.29) is 11.8 Å². The molecule has 21 heavy (non-hydrogen) atoms. The summed E-state index contributed by atoms with van der Waals surface area (Å²) in [6, 6.07) is 3.31. The number of hydrogen-bond acceptors (Lipinski definition) is 4. The summed E-state index contributed by atoms with van der Waals surface area (Å²) in [5.74, 6) is 0.122. The van der Waals surface area contributed by atoms with Crippen molar-refractivity contribution in [3.8, 4) is 0 Å². The van der Waals surface area contributed by atoms with Crippen LogP contribution >= 0.6 is 23.1 Å². The molecular formula is C15H21NO3S2. The highest BCUT2D eigenvalue weighted by molar-refractivity contribution is 7.99. The monoisotopic (exact) mass is 327 g/mol. The number of thioether (sulfide) groups is 1. The van der Waals surface area contributed by atoms with Gasteiger partial charge in [-0.05, 0) is 30.2 Å². The van der Waals surface area contributed by atoms with E-state index < -0.39 is 12.0 Å². The van der Waals surface area contributed by atoms with E-state index in [4.69, 9.17) is 0 Å². The van der Waals surface area contributed by atoms with Crippen LogP contribution in [0.1, 0.15) is 37.0 Å². The van der Waals surface area contributed by atoms with E-state index in [0.717, 1.165) is 31.4 Å². The van der Waals surface area contributed by atoms with Crippen molar-refractivity contribution in [3.05, 3.63) is 22.4 Å². The minimum absolute atomic E-state index is 0.0856. The maximum Gasteiger partial charge on any atom is 0.326 e. The minimum atomic E-state index is -0.904. The SMILES string of the molecule is O=C(CSCc1cccs1)NC(C(=O)O)C1CCCCC1. The number of nitrogens with one attached hydrogen (secondary N) is 1. The third-order valence-electron chi connectivity index (χ3n) is 3.76. The van der Waals surface area contributed by atoms with Gasteiger partial charge in [0.05, 0.1) is 5.75 Å². The standard InChI is InChI=1S/C15H21NO3S2/c17-13(10-20-9-12-7-4-8-21-12)16-14(15(18)19)11-5-2-1-3-6-11/h4,7-8,11,14H,1-3,5-6,9-10H2,(H,16,17)(H,18,19). The van der Waals surface area contributed by atoms with Gasteiger partial charge in [0, 0.05) is 10.6 Å². The summed E-state index contributed by atoms with van der Waals surface area (Å²) < 4.78 is 0. The molecule has 4 nitrogen and oxygen atoms in total. The molecule has 1 unspecified atom stereocenters. The van der Waals surface area contributed by atoms with Crippen LogP contribution in [-0.4, -0.2) is 28.8 Å². The first kappa shape index (κ1) is 16.4. The van der Waals surface area contributed by atoms with Crippen LogP contribution in [0.3, 0.4) is 0 Å². The zero-order chi connectivity index (χ0) is 15.1. The molecule has 1 amide bonds. The summed E-state index contributed by atoms with van der Waals surface area (Å²) in [6.07, 6.45) is 5.11. The number of carboxylic acids is 1. The first-order chi connectivity index (χ1) is 10.2. The van der Waals surface area contributed by atoms with E-state index >= 15 is 0 Å². The average Bonchev–Trinajstić information content (AvgIpc) is 2.98. The number of carboxylic acid groups (broad SMARTS) is 1. The topological polar surface area (TPSA) is 66.4 Å². The molecule has 0 saturated heterocycles. The van der Waals surface area contributed by atoms with Gasteiger partial charge < -0.3 is 10.4 Å². The molecule has 1 aliphatic carbocycles. The number of aliphatic carboxylic acids is 1. The van der Waals surface area contributed by atoms with Crippen molar-refractivity contribution in [2.75, 3.05) is 5.75 Å². The third-order valence-corrected chi connectivity index (χ3v) is 5.80. The summed E-state index contributed by atoms with van der Waals surface area (Å²) in [5.41, 5.74) is 0. The molecular weight excluding hydrogens is 306 g/mol. The van der Waals surface area contributed by atoms with E-state index in [1.165, 1.54) is 23.1 Å². The van der Waals surface area contributed by atoms with Gasteiger partial charge >= 0.3 is 5.97 Å². The minimum Gasteiger partial charge on any atom is -0.480 e. The molecule has 6 heteroatoms. The van der Waals surface area contributed by atoms with Crippen LogP contribution in [0.15, 0.2) is 17.5 Å². The van der Waals surface area contributed by atoms with Crippen molar-refractivity contribution < 1.29 is 14.7 Å². The Hall–Kier alpha value is -1.01. The van der Waals surface area contributed by atoms with Gasteiger partial charge in [-0.1, -0.05) is 25.3 Å². The first-order valence-electron chi connectivity index (χ1n) is 7.29. The third kappa shape index (κ3) is 5.36. The van der Waals surface area contributed by atoms with E-state index in [1.807, 2.05) is 17.5 Å². The molecule has 0 aromatic carbocycles. The van der Waals surface area contributed by atoms with Crippen LogP contribution in [0.25, 0.3) is 0 Å². The van der Waals surface area contributed by atoms with E-state index in [1.54, 1.807) is 11.3 Å². The Morgan fingerprint density at radius 3 is 2.76 bits per heavy atom. The second-order valence-electron chi connectivity index (χ2n) is 5.35. The molecule has 1 aliphatic rings. The summed E-state index contributed by atoms with van der Waals surface area (Å²) >= 11 is 3.19. The lowest BCUT2D eigenvalue weighted by atomic mass is 9.84. The van der Waals surface area contributed by atoms with Crippen LogP contribution in [-0.2, 0) is 15.3 Å². The van der Waals surface area contributed by atoms with Crippen molar-refractivity contribution in [2.24, 2.45) is 5.92 Å². The van der Waals surface area contributed by atoms with E-state index in [2.05, 4.69) is 5.32 Å². The van der Waals surface area contributed by atoms with Crippen molar-refractivity contribution in [1.82, 2.24) is 5.32 Å². The molecule has 1 atom stereocenters. The fourth-order valence-electron chi connectivity index (χ4n) is 2.70. The maximum atomic E-state index is 11.9. The zero-order valence-electron chi connectivity index (χ0n) is 11.9. The summed E-state index contributed by atoms with van der Waals surface area (Å²) in [5, 5.41) is 14.1. The number of carbonyl (C=O) groups is 2. The highest BCUT2D eigenvalue weighted by Crippen LogP contribution is 2.26. The lowest BCUT2D eigenvalue weighted by Gasteiger charge is -2.28. The molecule has 1 fully saturated rings. The van der Waals surface area contributed by atoms with Gasteiger partial charge in [0.15, 0.2) is 0 Å². The first-order valence-corrected chi connectivity index (χ1v) is 9.32. The largest absolute Gasteiger partial charge is 0.480 e. The molecule has 1 saturated carbocycles. The van der Waals surface area contributed by atoms with Gasteiger partial charge in [-0.3, -0.25) is 4.79 Å². The average molecular weight is 327 g/mol. The Balaban J connectivity index is 1.76. The fourth-order valence-corrected chi connectivity index (χ4v) is 4.38. The molecule has 2 rings (SSSR count). The fraction of sp³-hybridized carbons (Fsp3) is 0.600. The zero-order valence-corrected chi connectivity index (χ0v) is 13.5. The number of hydrogen-bond donors (Lipinski definition) is 2. The molecule has 1 heterocycles. The highest BCUT2D eigenvalue weighted by atomic mass is 32.2. The maximum absolute atomic E-state index is 11.9. The second kappa shape index (κ2) is 8.44. The van der Waals surface area contributed by atoms with Gasteiger partial charge in [0.1, 0.15) is 6.04 Å². The molecule has 0 radical (unpaired) electrons. The summed E-state index contributed by atoms with van der Waals surface area (Å²) in [7, 11) is 0. The number of thiophene rings is 1. The van der Waals surface area contributed by atoms with Gasteiger partial charge in [0.25, 0.3) is 0 Å². The number of amides is 1. The van der Waals surface area contributed by atoms with Crippen LogP contribution in [0.5, 0.6) is 0 Å². The predicted molar refractivity (Wildman–Crippen MR) is 86.6 cm³/mol. The van der Waals surface area contributed by atoms with Gasteiger partial charge in [-0.25, -0.2) is 4.79 Å². The number of rotatable bonds is 7. The van der Waals surface area contributed by atoms with Crippen molar-refractivity contribution in [1.29, 1.82) is 0 Å². The quantitative estimate of drug-likeness (QED) is 0.807. The van der Waals surface area contributed by atoms with E-state index in [0.29, 0.717) is 5.75 Å². The molecule has 0 bridgehead atoms. The van der Waals surface area contributed by atoms with Crippen LogP contribution in [0, 0.1) is 5.92 Å². The van der Waals surface area contributed by atoms with Crippen molar-refractivity contribution in [2.45, 2.75) is 43.9 Å². The van der Waals surface area contributed by atoms with E-state index in [9.17, 15) is 14.7 Å². The smallest absolute Gasteiger partial charge is 0.326 e. The summed E-state index contributed by atoms with van der Waals surface area (Å²) in [6.45, 7) is 0. The Bertz CT molecular complexity index is 455. The Labute approximate surface area is 133 Å². The molecule has 2 N–H and O–H groups in total. The number of carbonyl (C=O) groups excluding carboxylic acids is 1.